The third-order valence-corrected chi connectivity index (χ3v) is 2.61. The third kappa shape index (κ3) is 2.13. The standard InChI is InChI=1S/C14H16N2O/c1-14(2,3)16-13(12(10-17)9-15-16)11-7-5-4-6-8-11/h4-10H,1-3H3. The summed E-state index contributed by atoms with van der Waals surface area (Å²) in [6.45, 7) is 6.21. The van der Waals surface area contributed by atoms with Gasteiger partial charge >= 0.3 is 0 Å². The van der Waals surface area contributed by atoms with E-state index in [1.807, 2.05) is 35.0 Å². The van der Waals surface area contributed by atoms with Crippen molar-refractivity contribution in [3.8, 4) is 11.3 Å². The Bertz CT molecular complexity index is 521. The number of carbonyl (C=O) groups excluding carboxylic acids is 1. The van der Waals surface area contributed by atoms with Crippen LogP contribution >= 0.6 is 0 Å². The molecule has 17 heavy (non-hydrogen) atoms. The molecule has 0 amide bonds. The number of aldehydes is 1. The van der Waals surface area contributed by atoms with Gasteiger partial charge < -0.3 is 0 Å². The second-order valence-corrected chi connectivity index (χ2v) is 5.02. The van der Waals surface area contributed by atoms with E-state index in [2.05, 4.69) is 25.9 Å². The molecule has 0 saturated carbocycles. The van der Waals surface area contributed by atoms with Crippen LogP contribution in [0.5, 0.6) is 0 Å². The van der Waals surface area contributed by atoms with Crippen molar-refractivity contribution < 1.29 is 4.79 Å². The summed E-state index contributed by atoms with van der Waals surface area (Å²) in [5, 5.41) is 4.32. The SMILES string of the molecule is CC(C)(C)n1ncc(C=O)c1-c1ccccc1. The largest absolute Gasteiger partial charge is 0.298 e. The van der Waals surface area contributed by atoms with Crippen LogP contribution in [0, 0.1) is 0 Å². The lowest BCUT2D eigenvalue weighted by atomic mass is 10.0. The van der Waals surface area contributed by atoms with Crippen molar-refractivity contribution in [3.63, 3.8) is 0 Å². The lowest BCUT2D eigenvalue weighted by molar-refractivity contribution is 0.112. The first kappa shape index (κ1) is 11.6. The van der Waals surface area contributed by atoms with Gasteiger partial charge in [0.2, 0.25) is 0 Å². The molecule has 0 aliphatic heterocycles. The molecule has 0 atom stereocenters. The summed E-state index contributed by atoms with van der Waals surface area (Å²) in [4.78, 5) is 11.1. The summed E-state index contributed by atoms with van der Waals surface area (Å²) >= 11 is 0. The smallest absolute Gasteiger partial charge is 0.153 e. The quantitative estimate of drug-likeness (QED) is 0.740. The van der Waals surface area contributed by atoms with Crippen molar-refractivity contribution in [2.45, 2.75) is 26.3 Å². The van der Waals surface area contributed by atoms with Crippen LogP contribution in [0.4, 0.5) is 0 Å². The lowest BCUT2D eigenvalue weighted by Gasteiger charge is -2.22. The van der Waals surface area contributed by atoms with Crippen molar-refractivity contribution >= 4 is 6.29 Å². The minimum Gasteiger partial charge on any atom is -0.298 e. The fourth-order valence-corrected chi connectivity index (χ4v) is 1.84. The van der Waals surface area contributed by atoms with Crippen LogP contribution in [0.25, 0.3) is 11.3 Å². The Labute approximate surface area is 101 Å². The molecule has 3 heteroatoms. The van der Waals surface area contributed by atoms with Crippen LogP contribution in [-0.4, -0.2) is 16.1 Å². The van der Waals surface area contributed by atoms with Crippen molar-refractivity contribution in [2.24, 2.45) is 0 Å². The van der Waals surface area contributed by atoms with Gasteiger partial charge in [-0.1, -0.05) is 30.3 Å². The van der Waals surface area contributed by atoms with Crippen LogP contribution in [0.15, 0.2) is 36.5 Å². The molecule has 0 radical (unpaired) electrons. The van der Waals surface area contributed by atoms with Gasteiger partial charge in [0, 0.05) is 5.56 Å². The second-order valence-electron chi connectivity index (χ2n) is 5.02. The lowest BCUT2D eigenvalue weighted by Crippen LogP contribution is -2.24. The van der Waals surface area contributed by atoms with E-state index in [9.17, 15) is 4.79 Å². The first-order valence-electron chi connectivity index (χ1n) is 5.63. The van der Waals surface area contributed by atoms with Crippen LogP contribution < -0.4 is 0 Å². The fourth-order valence-electron chi connectivity index (χ4n) is 1.84. The van der Waals surface area contributed by atoms with Gasteiger partial charge in [0.15, 0.2) is 6.29 Å². The van der Waals surface area contributed by atoms with Gasteiger partial charge in [-0.05, 0) is 20.8 Å². The van der Waals surface area contributed by atoms with Crippen molar-refractivity contribution in [1.29, 1.82) is 0 Å². The molecule has 0 N–H and O–H groups in total. The number of nitrogens with zero attached hydrogens (tertiary/aromatic N) is 2. The highest BCUT2D eigenvalue weighted by Gasteiger charge is 2.21. The number of benzene rings is 1. The number of aromatic nitrogens is 2. The van der Waals surface area contributed by atoms with Gasteiger partial charge in [0.05, 0.1) is 23.0 Å². The number of hydrogen-bond donors (Lipinski definition) is 0. The van der Waals surface area contributed by atoms with Crippen LogP contribution in [0.3, 0.4) is 0 Å². The Kier molecular flexibility index (Phi) is 2.84. The molecule has 0 bridgehead atoms. The van der Waals surface area contributed by atoms with Crippen LogP contribution in [0.2, 0.25) is 0 Å². The maximum Gasteiger partial charge on any atom is 0.153 e. The molecule has 0 spiro atoms. The summed E-state index contributed by atoms with van der Waals surface area (Å²) in [6, 6.07) is 9.87. The maximum atomic E-state index is 11.1. The van der Waals surface area contributed by atoms with Gasteiger partial charge in [0.1, 0.15) is 0 Å². The maximum absolute atomic E-state index is 11.1. The van der Waals surface area contributed by atoms with Crippen molar-refractivity contribution in [2.75, 3.05) is 0 Å². The van der Waals surface area contributed by atoms with E-state index >= 15 is 0 Å². The molecule has 0 fully saturated rings. The number of rotatable bonds is 2. The predicted molar refractivity (Wildman–Crippen MR) is 68.0 cm³/mol. The van der Waals surface area contributed by atoms with Gasteiger partial charge in [-0.2, -0.15) is 5.10 Å². The Balaban J connectivity index is 2.66. The molecule has 2 aromatic rings. The molecule has 2 rings (SSSR count). The summed E-state index contributed by atoms with van der Waals surface area (Å²) in [5.74, 6) is 0. The topological polar surface area (TPSA) is 34.9 Å². The highest BCUT2D eigenvalue weighted by atomic mass is 16.1. The van der Waals surface area contributed by atoms with Crippen LogP contribution in [-0.2, 0) is 5.54 Å². The van der Waals surface area contributed by atoms with E-state index in [0.717, 1.165) is 17.5 Å². The first-order valence-corrected chi connectivity index (χ1v) is 5.63. The zero-order valence-corrected chi connectivity index (χ0v) is 10.3. The van der Waals surface area contributed by atoms with Crippen molar-refractivity contribution in [3.05, 3.63) is 42.1 Å². The molecule has 0 aliphatic carbocycles. The van der Waals surface area contributed by atoms with Crippen LogP contribution in [0.1, 0.15) is 31.1 Å². The monoisotopic (exact) mass is 228 g/mol. The zero-order chi connectivity index (χ0) is 12.5. The molecule has 0 saturated heterocycles. The third-order valence-electron chi connectivity index (χ3n) is 2.61. The first-order chi connectivity index (χ1) is 8.04. The zero-order valence-electron chi connectivity index (χ0n) is 10.3. The number of hydrogen-bond acceptors (Lipinski definition) is 2. The summed E-state index contributed by atoms with van der Waals surface area (Å²) < 4.78 is 1.89. The van der Waals surface area contributed by atoms with Gasteiger partial charge in [-0.25, -0.2) is 0 Å². The summed E-state index contributed by atoms with van der Waals surface area (Å²) in [6.07, 6.45) is 2.48. The van der Waals surface area contributed by atoms with E-state index in [4.69, 9.17) is 0 Å². The van der Waals surface area contributed by atoms with E-state index < -0.39 is 0 Å². The average molecular weight is 228 g/mol. The molecule has 0 aliphatic rings. The Hall–Kier alpha value is -1.90. The summed E-state index contributed by atoms with van der Waals surface area (Å²) in [5.41, 5.74) is 2.38. The minimum atomic E-state index is -0.146. The molecule has 1 aromatic carbocycles. The predicted octanol–water partition coefficient (Wildman–Crippen LogP) is 3.12. The summed E-state index contributed by atoms with van der Waals surface area (Å²) in [7, 11) is 0. The molecule has 1 heterocycles. The van der Waals surface area contributed by atoms with Gasteiger partial charge in [-0.15, -0.1) is 0 Å². The van der Waals surface area contributed by atoms with Gasteiger partial charge in [-0.3, -0.25) is 9.48 Å². The second kappa shape index (κ2) is 4.17. The number of carbonyl (C=O) groups is 1. The van der Waals surface area contributed by atoms with E-state index in [0.29, 0.717) is 5.56 Å². The van der Waals surface area contributed by atoms with Crippen molar-refractivity contribution in [1.82, 2.24) is 9.78 Å². The normalized spacial score (nSPS) is 11.5. The van der Waals surface area contributed by atoms with E-state index in [1.54, 1.807) is 6.20 Å². The molecular formula is C14H16N2O. The minimum absolute atomic E-state index is 0.146. The molecule has 1 aromatic heterocycles. The average Bonchev–Trinajstić information content (AvgIpc) is 2.73. The molecular weight excluding hydrogens is 212 g/mol. The molecule has 0 unspecified atom stereocenters. The molecule has 3 nitrogen and oxygen atoms in total. The Morgan fingerprint density at radius 2 is 1.82 bits per heavy atom. The highest BCUT2D eigenvalue weighted by molar-refractivity contribution is 5.85. The van der Waals surface area contributed by atoms with Gasteiger partial charge in [0.25, 0.3) is 0 Å². The highest BCUT2D eigenvalue weighted by Crippen LogP contribution is 2.27. The Morgan fingerprint density at radius 3 is 2.35 bits per heavy atom. The molecule has 88 valence electrons. The van der Waals surface area contributed by atoms with E-state index in [-0.39, 0.29) is 5.54 Å². The van der Waals surface area contributed by atoms with E-state index in [1.165, 1.54) is 0 Å². The fraction of sp³-hybridized carbons (Fsp3) is 0.286. The Morgan fingerprint density at radius 1 is 1.18 bits per heavy atom.